The lowest BCUT2D eigenvalue weighted by molar-refractivity contribution is 0.296. The minimum absolute atomic E-state index is 0.0227. The molecule has 0 bridgehead atoms. The minimum atomic E-state index is -3.23. The molecule has 2 rings (SSSR count). The Balaban J connectivity index is 1.90. The predicted molar refractivity (Wildman–Crippen MR) is 81.9 cm³/mol. The first kappa shape index (κ1) is 15.5. The standard InChI is InChI=1S/C15H24N2O2S/c16-12-14-8-4-5-9-15(14)17-20(18,19)11-10-13-6-2-1-3-7-13/h1-3,6-7,14-15,17H,4-5,8-12,16H2/t14-,15+/m0/s1. The third-order valence-corrected chi connectivity index (χ3v) is 5.45. The first-order valence-electron chi connectivity index (χ1n) is 7.35. The summed E-state index contributed by atoms with van der Waals surface area (Å²) in [4.78, 5) is 0. The van der Waals surface area contributed by atoms with Gasteiger partial charge in [0, 0.05) is 6.04 Å². The van der Waals surface area contributed by atoms with Crippen molar-refractivity contribution >= 4 is 10.0 Å². The number of nitrogens with two attached hydrogens (primary N) is 1. The molecule has 1 fully saturated rings. The molecule has 0 unspecified atom stereocenters. The van der Waals surface area contributed by atoms with Gasteiger partial charge in [-0.15, -0.1) is 0 Å². The second kappa shape index (κ2) is 7.20. The van der Waals surface area contributed by atoms with Crippen LogP contribution in [0.1, 0.15) is 31.2 Å². The van der Waals surface area contributed by atoms with Crippen molar-refractivity contribution in [1.29, 1.82) is 0 Å². The normalized spacial score (nSPS) is 23.6. The van der Waals surface area contributed by atoms with Gasteiger partial charge in [0.25, 0.3) is 0 Å². The van der Waals surface area contributed by atoms with E-state index in [0.717, 1.165) is 31.2 Å². The van der Waals surface area contributed by atoms with Gasteiger partial charge in [-0.1, -0.05) is 43.2 Å². The van der Waals surface area contributed by atoms with E-state index in [1.165, 1.54) is 0 Å². The topological polar surface area (TPSA) is 72.2 Å². The summed E-state index contributed by atoms with van der Waals surface area (Å²) >= 11 is 0. The van der Waals surface area contributed by atoms with E-state index in [-0.39, 0.29) is 17.7 Å². The van der Waals surface area contributed by atoms with Crippen LogP contribution in [0.25, 0.3) is 0 Å². The Bertz CT molecular complexity index is 502. The second-order valence-corrected chi connectivity index (χ2v) is 7.43. The fourth-order valence-electron chi connectivity index (χ4n) is 2.83. The molecule has 5 heteroatoms. The highest BCUT2D eigenvalue weighted by atomic mass is 32.2. The van der Waals surface area contributed by atoms with Gasteiger partial charge in [-0.25, -0.2) is 13.1 Å². The van der Waals surface area contributed by atoms with E-state index in [9.17, 15) is 8.42 Å². The van der Waals surface area contributed by atoms with E-state index >= 15 is 0 Å². The van der Waals surface area contributed by atoms with Gasteiger partial charge in [-0.05, 0) is 37.3 Å². The van der Waals surface area contributed by atoms with Gasteiger partial charge < -0.3 is 5.73 Å². The Morgan fingerprint density at radius 2 is 1.85 bits per heavy atom. The molecule has 0 spiro atoms. The maximum Gasteiger partial charge on any atom is 0.212 e. The number of hydrogen-bond acceptors (Lipinski definition) is 3. The molecule has 0 amide bonds. The highest BCUT2D eigenvalue weighted by Gasteiger charge is 2.27. The molecule has 112 valence electrons. The summed E-state index contributed by atoms with van der Waals surface area (Å²) in [6.45, 7) is 0.561. The maximum absolute atomic E-state index is 12.2. The van der Waals surface area contributed by atoms with E-state index < -0.39 is 10.0 Å². The number of nitrogens with one attached hydrogen (secondary N) is 1. The highest BCUT2D eigenvalue weighted by molar-refractivity contribution is 7.89. The van der Waals surface area contributed by atoms with Crippen molar-refractivity contribution in [3.63, 3.8) is 0 Å². The van der Waals surface area contributed by atoms with Gasteiger partial charge >= 0.3 is 0 Å². The first-order chi connectivity index (χ1) is 9.61. The molecule has 0 aromatic heterocycles. The zero-order valence-electron chi connectivity index (χ0n) is 11.8. The zero-order valence-corrected chi connectivity index (χ0v) is 12.6. The minimum Gasteiger partial charge on any atom is -0.330 e. The van der Waals surface area contributed by atoms with Crippen LogP contribution in [0.3, 0.4) is 0 Å². The third-order valence-electron chi connectivity index (χ3n) is 4.05. The quantitative estimate of drug-likeness (QED) is 0.838. The molecule has 0 radical (unpaired) electrons. The maximum atomic E-state index is 12.2. The zero-order chi connectivity index (χ0) is 14.4. The molecule has 0 heterocycles. The summed E-state index contributed by atoms with van der Waals surface area (Å²) in [5.41, 5.74) is 6.80. The molecule has 1 saturated carbocycles. The van der Waals surface area contributed by atoms with Crippen LogP contribution in [0.4, 0.5) is 0 Å². The van der Waals surface area contributed by atoms with E-state index in [1.807, 2.05) is 30.3 Å². The van der Waals surface area contributed by atoms with E-state index in [0.29, 0.717) is 13.0 Å². The smallest absolute Gasteiger partial charge is 0.212 e. The molecule has 1 aromatic carbocycles. The average molecular weight is 296 g/mol. The molecule has 2 atom stereocenters. The Morgan fingerprint density at radius 3 is 2.55 bits per heavy atom. The van der Waals surface area contributed by atoms with E-state index in [4.69, 9.17) is 5.73 Å². The SMILES string of the molecule is NC[C@@H]1CCCC[C@H]1NS(=O)(=O)CCc1ccccc1. The summed E-state index contributed by atoms with van der Waals surface area (Å²) in [6, 6.07) is 9.73. The number of hydrogen-bond donors (Lipinski definition) is 2. The molecule has 1 aliphatic carbocycles. The van der Waals surface area contributed by atoms with Crippen LogP contribution in [-0.2, 0) is 16.4 Å². The van der Waals surface area contributed by atoms with Crippen molar-refractivity contribution in [3.8, 4) is 0 Å². The molecule has 4 nitrogen and oxygen atoms in total. The van der Waals surface area contributed by atoms with Gasteiger partial charge in [0.1, 0.15) is 0 Å². The van der Waals surface area contributed by atoms with Crippen LogP contribution in [-0.4, -0.2) is 26.8 Å². The molecule has 0 saturated heterocycles. The van der Waals surface area contributed by atoms with Crippen LogP contribution < -0.4 is 10.5 Å². The average Bonchev–Trinajstić information content (AvgIpc) is 2.47. The lowest BCUT2D eigenvalue weighted by Crippen LogP contribution is -2.45. The molecular weight excluding hydrogens is 272 g/mol. The van der Waals surface area contributed by atoms with Gasteiger partial charge in [-0.2, -0.15) is 0 Å². The van der Waals surface area contributed by atoms with E-state index in [1.54, 1.807) is 0 Å². The Kier molecular flexibility index (Phi) is 5.57. The van der Waals surface area contributed by atoms with Crippen molar-refractivity contribution < 1.29 is 8.42 Å². The first-order valence-corrected chi connectivity index (χ1v) is 9.00. The van der Waals surface area contributed by atoms with Crippen molar-refractivity contribution in [2.45, 2.75) is 38.1 Å². The number of rotatable bonds is 6. The Morgan fingerprint density at radius 1 is 1.15 bits per heavy atom. The molecule has 1 aromatic rings. The lowest BCUT2D eigenvalue weighted by atomic mass is 9.85. The van der Waals surface area contributed by atoms with Crippen LogP contribution in [0.2, 0.25) is 0 Å². The molecule has 3 N–H and O–H groups in total. The van der Waals surface area contributed by atoms with Gasteiger partial charge in [0.15, 0.2) is 0 Å². The molecule has 20 heavy (non-hydrogen) atoms. The van der Waals surface area contributed by atoms with Crippen LogP contribution in [0.15, 0.2) is 30.3 Å². The predicted octanol–water partition coefficient (Wildman–Crippen LogP) is 1.67. The van der Waals surface area contributed by atoms with Gasteiger partial charge in [0.2, 0.25) is 10.0 Å². The van der Waals surface area contributed by atoms with Crippen molar-refractivity contribution in [1.82, 2.24) is 4.72 Å². The monoisotopic (exact) mass is 296 g/mol. The number of sulfonamides is 1. The molecule has 0 aliphatic heterocycles. The Hall–Kier alpha value is -0.910. The Labute approximate surface area is 121 Å². The lowest BCUT2D eigenvalue weighted by Gasteiger charge is -2.31. The van der Waals surface area contributed by atoms with Crippen LogP contribution >= 0.6 is 0 Å². The fraction of sp³-hybridized carbons (Fsp3) is 0.600. The summed E-state index contributed by atoms with van der Waals surface area (Å²) in [6.07, 6.45) is 4.73. The van der Waals surface area contributed by atoms with Gasteiger partial charge in [-0.3, -0.25) is 0 Å². The largest absolute Gasteiger partial charge is 0.330 e. The summed E-state index contributed by atoms with van der Waals surface area (Å²) in [5.74, 6) is 0.431. The third kappa shape index (κ3) is 4.58. The van der Waals surface area contributed by atoms with Crippen molar-refractivity contribution in [2.24, 2.45) is 11.7 Å². The van der Waals surface area contributed by atoms with Crippen molar-refractivity contribution in [3.05, 3.63) is 35.9 Å². The van der Waals surface area contributed by atoms with Crippen LogP contribution in [0, 0.1) is 5.92 Å². The number of aryl methyl sites for hydroxylation is 1. The van der Waals surface area contributed by atoms with Crippen LogP contribution in [0.5, 0.6) is 0 Å². The van der Waals surface area contributed by atoms with E-state index in [2.05, 4.69) is 4.72 Å². The van der Waals surface area contributed by atoms with Gasteiger partial charge in [0.05, 0.1) is 5.75 Å². The molecule has 1 aliphatic rings. The summed E-state index contributed by atoms with van der Waals surface area (Å²) < 4.78 is 27.2. The summed E-state index contributed by atoms with van der Waals surface area (Å²) in [5, 5.41) is 0. The molecular formula is C15H24N2O2S. The fourth-order valence-corrected chi connectivity index (χ4v) is 4.23. The second-order valence-electron chi connectivity index (χ2n) is 5.56. The van der Waals surface area contributed by atoms with Crippen molar-refractivity contribution in [2.75, 3.05) is 12.3 Å². The summed E-state index contributed by atoms with van der Waals surface area (Å²) in [7, 11) is -3.23. The highest BCUT2D eigenvalue weighted by Crippen LogP contribution is 2.24. The number of benzene rings is 1.